The number of nitrogens with zero attached hydrogens (tertiary/aromatic N) is 1. The molecule has 1 unspecified atom stereocenters. The van der Waals surface area contributed by atoms with Crippen LogP contribution in [0.15, 0.2) is 17.0 Å². The van der Waals surface area contributed by atoms with Gasteiger partial charge in [-0.15, -0.1) is 0 Å². The molecule has 2 rings (SSSR count). The van der Waals surface area contributed by atoms with Crippen molar-refractivity contribution in [3.05, 3.63) is 29.3 Å². The highest BCUT2D eigenvalue weighted by molar-refractivity contribution is 7.89. The number of benzene rings is 1. The highest BCUT2D eigenvalue weighted by Crippen LogP contribution is 2.27. The second-order valence-corrected chi connectivity index (χ2v) is 7.33. The molecule has 1 aromatic carbocycles. The molecule has 0 amide bonds. The van der Waals surface area contributed by atoms with Crippen LogP contribution in [-0.2, 0) is 16.6 Å². The average molecular weight is 318 g/mol. The van der Waals surface area contributed by atoms with E-state index in [1.807, 2.05) is 13.8 Å². The number of hydrogen-bond donors (Lipinski definition) is 1. The van der Waals surface area contributed by atoms with Crippen LogP contribution in [0.5, 0.6) is 0 Å². The number of nitrogens with one attached hydrogen (secondary N) is 1. The summed E-state index contributed by atoms with van der Waals surface area (Å²) in [7, 11) is -3.98. The van der Waals surface area contributed by atoms with Crippen molar-refractivity contribution in [2.45, 2.75) is 31.7 Å². The third-order valence-electron chi connectivity index (χ3n) is 3.64. The van der Waals surface area contributed by atoms with Crippen LogP contribution >= 0.6 is 0 Å². The number of hydrogen-bond acceptors (Lipinski definition) is 3. The van der Waals surface area contributed by atoms with Gasteiger partial charge in [0.25, 0.3) is 0 Å². The summed E-state index contributed by atoms with van der Waals surface area (Å²) < 4.78 is 53.8. The van der Waals surface area contributed by atoms with E-state index in [0.29, 0.717) is 31.7 Å². The molecule has 1 N–H and O–H groups in total. The minimum absolute atomic E-state index is 0.234. The van der Waals surface area contributed by atoms with Crippen LogP contribution in [0.25, 0.3) is 0 Å². The van der Waals surface area contributed by atoms with Gasteiger partial charge in [0.2, 0.25) is 10.0 Å². The van der Waals surface area contributed by atoms with Crippen LogP contribution in [0, 0.1) is 17.6 Å². The van der Waals surface area contributed by atoms with Gasteiger partial charge in [0.1, 0.15) is 4.90 Å². The fourth-order valence-corrected chi connectivity index (χ4v) is 4.13. The zero-order chi connectivity index (χ0) is 15.6. The van der Waals surface area contributed by atoms with Crippen molar-refractivity contribution < 1.29 is 17.2 Å². The second-order valence-electron chi connectivity index (χ2n) is 5.43. The van der Waals surface area contributed by atoms with E-state index in [0.717, 1.165) is 12.5 Å². The summed E-state index contributed by atoms with van der Waals surface area (Å²) in [5.41, 5.74) is 0.418. The molecule has 1 aliphatic heterocycles. The molecular weight excluding hydrogens is 298 g/mol. The van der Waals surface area contributed by atoms with Crippen molar-refractivity contribution in [2.24, 2.45) is 5.92 Å². The standard InChI is InChI=1S/C14H20F2N2O2S/c1-3-17-8-11-6-12(15)14(16)13(7-11)21(19,20)18-5-4-10(2)9-18/h6-7,10,17H,3-5,8-9H2,1-2H3. The summed E-state index contributed by atoms with van der Waals surface area (Å²) >= 11 is 0. The van der Waals surface area contributed by atoms with Crippen molar-refractivity contribution in [1.29, 1.82) is 0 Å². The summed E-state index contributed by atoms with van der Waals surface area (Å²) in [6.45, 7) is 5.47. The molecule has 0 bridgehead atoms. The summed E-state index contributed by atoms with van der Waals surface area (Å²) in [5.74, 6) is -2.19. The fraction of sp³-hybridized carbons (Fsp3) is 0.571. The Bertz CT molecular complexity index is 620. The van der Waals surface area contributed by atoms with Gasteiger partial charge >= 0.3 is 0 Å². The maximum atomic E-state index is 13.9. The van der Waals surface area contributed by atoms with Gasteiger partial charge in [-0.25, -0.2) is 17.2 Å². The van der Waals surface area contributed by atoms with Crippen LogP contribution in [0.2, 0.25) is 0 Å². The Morgan fingerprint density at radius 2 is 2.10 bits per heavy atom. The fourth-order valence-electron chi connectivity index (χ4n) is 2.43. The smallest absolute Gasteiger partial charge is 0.246 e. The molecule has 0 aromatic heterocycles. The number of sulfonamides is 1. The van der Waals surface area contributed by atoms with E-state index in [1.165, 1.54) is 10.4 Å². The zero-order valence-electron chi connectivity index (χ0n) is 12.2. The first-order chi connectivity index (χ1) is 9.86. The van der Waals surface area contributed by atoms with Gasteiger partial charge in [-0.3, -0.25) is 0 Å². The minimum Gasteiger partial charge on any atom is -0.313 e. The Labute approximate surface area is 124 Å². The molecule has 1 fully saturated rings. The van der Waals surface area contributed by atoms with Gasteiger partial charge in [0, 0.05) is 19.6 Å². The third-order valence-corrected chi connectivity index (χ3v) is 5.50. The highest BCUT2D eigenvalue weighted by atomic mass is 32.2. The van der Waals surface area contributed by atoms with Gasteiger partial charge in [0.05, 0.1) is 0 Å². The normalized spacial score (nSPS) is 20.1. The van der Waals surface area contributed by atoms with Crippen molar-refractivity contribution in [2.75, 3.05) is 19.6 Å². The summed E-state index contributed by atoms with van der Waals surface area (Å²) in [4.78, 5) is -0.565. The molecule has 7 heteroatoms. The van der Waals surface area contributed by atoms with Crippen molar-refractivity contribution in [3.8, 4) is 0 Å². The molecule has 1 saturated heterocycles. The molecule has 0 radical (unpaired) electrons. The van der Waals surface area contributed by atoms with Crippen LogP contribution in [0.1, 0.15) is 25.8 Å². The van der Waals surface area contributed by atoms with Gasteiger partial charge in [0.15, 0.2) is 11.6 Å². The van der Waals surface area contributed by atoms with E-state index >= 15 is 0 Å². The Hall–Kier alpha value is -1.05. The Balaban J connectivity index is 2.39. The lowest BCUT2D eigenvalue weighted by Gasteiger charge is -2.17. The van der Waals surface area contributed by atoms with Gasteiger partial charge in [-0.2, -0.15) is 4.31 Å². The molecule has 1 heterocycles. The van der Waals surface area contributed by atoms with Crippen molar-refractivity contribution in [1.82, 2.24) is 9.62 Å². The lowest BCUT2D eigenvalue weighted by atomic mass is 10.2. The largest absolute Gasteiger partial charge is 0.313 e. The van der Waals surface area contributed by atoms with Crippen molar-refractivity contribution >= 4 is 10.0 Å². The molecule has 0 aliphatic carbocycles. The first kappa shape index (κ1) is 16.3. The molecule has 0 spiro atoms. The number of halogens is 2. The minimum atomic E-state index is -3.98. The summed E-state index contributed by atoms with van der Waals surface area (Å²) in [6, 6.07) is 2.25. The molecule has 0 saturated carbocycles. The molecule has 1 aromatic rings. The summed E-state index contributed by atoms with van der Waals surface area (Å²) in [6.07, 6.45) is 0.737. The van der Waals surface area contributed by atoms with Crippen LogP contribution in [0.3, 0.4) is 0 Å². The van der Waals surface area contributed by atoms with E-state index in [9.17, 15) is 17.2 Å². The molecular formula is C14H20F2N2O2S. The van der Waals surface area contributed by atoms with Crippen LogP contribution in [0.4, 0.5) is 8.78 Å². The topological polar surface area (TPSA) is 49.4 Å². The van der Waals surface area contributed by atoms with Gasteiger partial charge in [-0.05, 0) is 36.6 Å². The Morgan fingerprint density at radius 1 is 1.38 bits per heavy atom. The van der Waals surface area contributed by atoms with Gasteiger partial charge in [-0.1, -0.05) is 13.8 Å². The van der Waals surface area contributed by atoms with E-state index < -0.39 is 26.6 Å². The third kappa shape index (κ3) is 3.41. The molecule has 21 heavy (non-hydrogen) atoms. The molecule has 1 atom stereocenters. The van der Waals surface area contributed by atoms with E-state index in [1.54, 1.807) is 0 Å². The van der Waals surface area contributed by atoms with Crippen LogP contribution < -0.4 is 5.32 Å². The predicted molar refractivity (Wildman–Crippen MR) is 76.3 cm³/mol. The van der Waals surface area contributed by atoms with Crippen molar-refractivity contribution in [3.63, 3.8) is 0 Å². The Morgan fingerprint density at radius 3 is 2.67 bits per heavy atom. The zero-order valence-corrected chi connectivity index (χ0v) is 13.0. The van der Waals surface area contributed by atoms with Gasteiger partial charge < -0.3 is 5.32 Å². The lowest BCUT2D eigenvalue weighted by Crippen LogP contribution is -2.30. The average Bonchev–Trinajstić information content (AvgIpc) is 2.87. The predicted octanol–water partition coefficient (Wildman–Crippen LogP) is 2.10. The molecule has 118 valence electrons. The van der Waals surface area contributed by atoms with Crippen LogP contribution in [-0.4, -0.2) is 32.4 Å². The molecule has 4 nitrogen and oxygen atoms in total. The maximum Gasteiger partial charge on any atom is 0.246 e. The van der Waals surface area contributed by atoms with E-state index in [2.05, 4.69) is 5.32 Å². The first-order valence-corrected chi connectivity index (χ1v) is 8.49. The maximum absolute atomic E-state index is 13.9. The quantitative estimate of drug-likeness (QED) is 0.904. The SMILES string of the molecule is CCNCc1cc(F)c(F)c(S(=O)(=O)N2CCC(C)C2)c1. The number of rotatable bonds is 5. The van der Waals surface area contributed by atoms with E-state index in [4.69, 9.17) is 0 Å². The summed E-state index contributed by atoms with van der Waals surface area (Å²) in [5, 5.41) is 2.97. The highest BCUT2D eigenvalue weighted by Gasteiger charge is 2.33. The lowest BCUT2D eigenvalue weighted by molar-refractivity contribution is 0.445. The van der Waals surface area contributed by atoms with E-state index in [-0.39, 0.29) is 5.92 Å². The second kappa shape index (κ2) is 6.37. The Kier molecular flexibility index (Phi) is 4.95. The monoisotopic (exact) mass is 318 g/mol. The first-order valence-electron chi connectivity index (χ1n) is 7.05. The molecule has 1 aliphatic rings.